The lowest BCUT2D eigenvalue weighted by molar-refractivity contribution is -0.137. The van der Waals surface area contributed by atoms with Gasteiger partial charge in [0, 0.05) is 12.5 Å². The number of carboxylic acid groups (broad SMARTS) is 1. The highest BCUT2D eigenvalue weighted by molar-refractivity contribution is 5.66. The topological polar surface area (TPSA) is 83.6 Å². The molecule has 1 atom stereocenters. The summed E-state index contributed by atoms with van der Waals surface area (Å²) in [5.74, 6) is -0.844. The summed E-state index contributed by atoms with van der Waals surface area (Å²) in [5, 5.41) is 18.8. The molecule has 1 unspecified atom stereocenters. The SMILES string of the molecule is NC(CCC(=O)O)c1ccccc1C1(O)CC1. The van der Waals surface area contributed by atoms with Crippen molar-refractivity contribution < 1.29 is 15.0 Å². The summed E-state index contributed by atoms with van der Waals surface area (Å²) in [6.45, 7) is 0. The summed E-state index contributed by atoms with van der Waals surface area (Å²) in [7, 11) is 0. The highest BCUT2D eigenvalue weighted by Crippen LogP contribution is 2.47. The van der Waals surface area contributed by atoms with Crippen molar-refractivity contribution in [1.29, 1.82) is 0 Å². The minimum atomic E-state index is -0.844. The van der Waals surface area contributed by atoms with Crippen LogP contribution in [-0.4, -0.2) is 16.2 Å². The normalized spacial score (nSPS) is 18.7. The summed E-state index contributed by atoms with van der Waals surface area (Å²) in [4.78, 5) is 10.5. The number of hydrogen-bond acceptors (Lipinski definition) is 3. The van der Waals surface area contributed by atoms with E-state index in [0.29, 0.717) is 6.42 Å². The average Bonchev–Trinajstić information content (AvgIpc) is 3.05. The molecule has 0 radical (unpaired) electrons. The Hall–Kier alpha value is -1.39. The van der Waals surface area contributed by atoms with E-state index in [0.717, 1.165) is 24.0 Å². The maximum atomic E-state index is 10.5. The monoisotopic (exact) mass is 235 g/mol. The number of aliphatic carboxylic acids is 1. The number of benzene rings is 1. The number of hydrogen-bond donors (Lipinski definition) is 3. The Morgan fingerprint density at radius 1 is 1.41 bits per heavy atom. The second-order valence-electron chi connectivity index (χ2n) is 4.66. The average molecular weight is 235 g/mol. The molecule has 1 fully saturated rings. The number of rotatable bonds is 5. The molecule has 0 aromatic heterocycles. The maximum absolute atomic E-state index is 10.5. The van der Waals surface area contributed by atoms with E-state index in [-0.39, 0.29) is 12.5 Å². The van der Waals surface area contributed by atoms with Gasteiger partial charge in [-0.2, -0.15) is 0 Å². The molecule has 0 aliphatic heterocycles. The molecule has 17 heavy (non-hydrogen) atoms. The third kappa shape index (κ3) is 2.65. The first-order chi connectivity index (χ1) is 8.03. The van der Waals surface area contributed by atoms with Gasteiger partial charge in [-0.1, -0.05) is 24.3 Å². The highest BCUT2D eigenvalue weighted by atomic mass is 16.4. The molecule has 2 rings (SSSR count). The molecule has 1 aliphatic rings. The first kappa shape index (κ1) is 12.1. The summed E-state index contributed by atoms with van der Waals surface area (Å²) in [6, 6.07) is 7.16. The van der Waals surface area contributed by atoms with E-state index in [9.17, 15) is 9.90 Å². The van der Waals surface area contributed by atoms with E-state index in [1.807, 2.05) is 24.3 Å². The Morgan fingerprint density at radius 3 is 2.65 bits per heavy atom. The highest BCUT2D eigenvalue weighted by Gasteiger charge is 2.43. The van der Waals surface area contributed by atoms with Crippen LogP contribution in [0.25, 0.3) is 0 Å². The molecule has 0 saturated heterocycles. The molecule has 0 heterocycles. The summed E-state index contributed by atoms with van der Waals surface area (Å²) < 4.78 is 0. The van der Waals surface area contributed by atoms with E-state index in [1.165, 1.54) is 0 Å². The van der Waals surface area contributed by atoms with Gasteiger partial charge in [-0.3, -0.25) is 4.79 Å². The van der Waals surface area contributed by atoms with Gasteiger partial charge in [-0.25, -0.2) is 0 Å². The smallest absolute Gasteiger partial charge is 0.303 e. The third-order valence-corrected chi connectivity index (χ3v) is 3.25. The molecular weight excluding hydrogens is 218 g/mol. The molecule has 1 aromatic carbocycles. The largest absolute Gasteiger partial charge is 0.481 e. The van der Waals surface area contributed by atoms with Crippen molar-refractivity contribution in [2.45, 2.75) is 37.3 Å². The van der Waals surface area contributed by atoms with Gasteiger partial charge in [0.05, 0.1) is 5.60 Å². The molecular formula is C13H17NO3. The zero-order valence-corrected chi connectivity index (χ0v) is 9.60. The predicted molar refractivity (Wildman–Crippen MR) is 63.4 cm³/mol. The lowest BCUT2D eigenvalue weighted by Gasteiger charge is -2.19. The van der Waals surface area contributed by atoms with Gasteiger partial charge < -0.3 is 15.9 Å². The quantitative estimate of drug-likeness (QED) is 0.722. The molecule has 4 heteroatoms. The molecule has 1 aliphatic carbocycles. The van der Waals surface area contributed by atoms with Crippen molar-refractivity contribution in [3.05, 3.63) is 35.4 Å². The second kappa shape index (κ2) is 4.47. The Morgan fingerprint density at radius 2 is 2.06 bits per heavy atom. The van der Waals surface area contributed by atoms with E-state index in [2.05, 4.69) is 0 Å². The Balaban J connectivity index is 2.17. The number of carbonyl (C=O) groups is 1. The van der Waals surface area contributed by atoms with Gasteiger partial charge in [0.15, 0.2) is 0 Å². The lowest BCUT2D eigenvalue weighted by atomic mass is 9.93. The molecule has 1 saturated carbocycles. The third-order valence-electron chi connectivity index (χ3n) is 3.25. The Kier molecular flexibility index (Phi) is 3.17. The number of nitrogens with two attached hydrogens (primary N) is 1. The predicted octanol–water partition coefficient (Wildman–Crippen LogP) is 1.53. The van der Waals surface area contributed by atoms with Crippen molar-refractivity contribution in [3.63, 3.8) is 0 Å². The van der Waals surface area contributed by atoms with Gasteiger partial charge in [-0.05, 0) is 30.4 Å². The van der Waals surface area contributed by atoms with E-state index < -0.39 is 11.6 Å². The van der Waals surface area contributed by atoms with Crippen LogP contribution in [0.15, 0.2) is 24.3 Å². The molecule has 4 N–H and O–H groups in total. The molecule has 4 nitrogen and oxygen atoms in total. The van der Waals surface area contributed by atoms with Crippen LogP contribution >= 0.6 is 0 Å². The van der Waals surface area contributed by atoms with Crippen molar-refractivity contribution >= 4 is 5.97 Å². The lowest BCUT2D eigenvalue weighted by Crippen LogP contribution is -2.18. The van der Waals surface area contributed by atoms with Crippen LogP contribution < -0.4 is 5.73 Å². The van der Waals surface area contributed by atoms with Gasteiger partial charge >= 0.3 is 5.97 Å². The minimum absolute atomic E-state index is 0.0495. The van der Waals surface area contributed by atoms with Crippen molar-refractivity contribution in [2.75, 3.05) is 0 Å². The Bertz CT molecular complexity index is 426. The minimum Gasteiger partial charge on any atom is -0.481 e. The zero-order chi connectivity index (χ0) is 12.5. The molecule has 1 aromatic rings. The molecule has 0 spiro atoms. The summed E-state index contributed by atoms with van der Waals surface area (Å²) in [6.07, 6.45) is 1.96. The van der Waals surface area contributed by atoms with Crippen LogP contribution in [-0.2, 0) is 10.4 Å². The fourth-order valence-electron chi connectivity index (χ4n) is 2.07. The standard InChI is InChI=1S/C13H17NO3/c14-11(5-6-12(15)16)9-3-1-2-4-10(9)13(17)7-8-13/h1-4,11,17H,5-8,14H2,(H,15,16). The van der Waals surface area contributed by atoms with Gasteiger partial charge in [0.25, 0.3) is 0 Å². The van der Waals surface area contributed by atoms with E-state index in [1.54, 1.807) is 0 Å². The van der Waals surface area contributed by atoms with Crippen LogP contribution in [0.1, 0.15) is 42.9 Å². The van der Waals surface area contributed by atoms with Crippen LogP contribution in [0.2, 0.25) is 0 Å². The van der Waals surface area contributed by atoms with Gasteiger partial charge in [0.2, 0.25) is 0 Å². The number of aliphatic hydroxyl groups is 1. The van der Waals surface area contributed by atoms with Gasteiger partial charge in [-0.15, -0.1) is 0 Å². The summed E-state index contributed by atoms with van der Waals surface area (Å²) in [5.41, 5.74) is 7.00. The van der Waals surface area contributed by atoms with Crippen LogP contribution in [0, 0.1) is 0 Å². The number of carboxylic acids is 1. The zero-order valence-electron chi connectivity index (χ0n) is 9.60. The molecule has 92 valence electrons. The van der Waals surface area contributed by atoms with Crippen molar-refractivity contribution in [3.8, 4) is 0 Å². The fraction of sp³-hybridized carbons (Fsp3) is 0.462. The van der Waals surface area contributed by atoms with Crippen LogP contribution in [0.5, 0.6) is 0 Å². The first-order valence-electron chi connectivity index (χ1n) is 5.82. The summed E-state index contributed by atoms with van der Waals surface area (Å²) >= 11 is 0. The van der Waals surface area contributed by atoms with Crippen molar-refractivity contribution in [1.82, 2.24) is 0 Å². The first-order valence-corrected chi connectivity index (χ1v) is 5.82. The Labute approximate surface area is 100 Å². The van der Waals surface area contributed by atoms with E-state index in [4.69, 9.17) is 10.8 Å². The second-order valence-corrected chi connectivity index (χ2v) is 4.66. The van der Waals surface area contributed by atoms with E-state index >= 15 is 0 Å². The van der Waals surface area contributed by atoms with Crippen LogP contribution in [0.4, 0.5) is 0 Å². The molecule has 0 amide bonds. The maximum Gasteiger partial charge on any atom is 0.303 e. The molecule has 0 bridgehead atoms. The fourth-order valence-corrected chi connectivity index (χ4v) is 2.07. The van der Waals surface area contributed by atoms with Gasteiger partial charge in [0.1, 0.15) is 0 Å². The van der Waals surface area contributed by atoms with Crippen molar-refractivity contribution in [2.24, 2.45) is 5.73 Å². The van der Waals surface area contributed by atoms with Crippen LogP contribution in [0.3, 0.4) is 0 Å².